The molecule has 1 heterocycles. The van der Waals surface area contributed by atoms with Crippen molar-refractivity contribution in [1.29, 1.82) is 0 Å². The average Bonchev–Trinajstić information content (AvgIpc) is 2.54. The van der Waals surface area contributed by atoms with E-state index in [0.717, 1.165) is 22.2 Å². The first-order chi connectivity index (χ1) is 10.9. The van der Waals surface area contributed by atoms with Crippen LogP contribution in [0.2, 0.25) is 0 Å². The van der Waals surface area contributed by atoms with Crippen LogP contribution in [0.15, 0.2) is 60.7 Å². The highest BCUT2D eigenvalue weighted by Gasteiger charge is 2.23. The Balaban J connectivity index is 1.85. The zero-order valence-corrected chi connectivity index (χ0v) is 13.5. The van der Waals surface area contributed by atoms with E-state index in [4.69, 9.17) is 4.74 Å². The monoisotopic (exact) mass is 305 g/mol. The fourth-order valence-electron chi connectivity index (χ4n) is 2.18. The van der Waals surface area contributed by atoms with Gasteiger partial charge in [-0.05, 0) is 57.2 Å². The van der Waals surface area contributed by atoms with E-state index in [0.29, 0.717) is 5.75 Å². The molecule has 2 aromatic carbocycles. The molecule has 0 atom stereocenters. The molecule has 0 fully saturated rings. The lowest BCUT2D eigenvalue weighted by Crippen LogP contribution is -2.25. The third kappa shape index (κ3) is 3.39. The number of aromatic nitrogens is 1. The Labute approximate surface area is 135 Å². The van der Waals surface area contributed by atoms with Crippen molar-refractivity contribution in [2.24, 2.45) is 5.41 Å². The molecule has 0 unspecified atom stereocenters. The number of nitrogens with zero attached hydrogens (tertiary/aromatic N) is 1. The Morgan fingerprint density at radius 3 is 2.30 bits per heavy atom. The second kappa shape index (κ2) is 5.84. The summed E-state index contributed by atoms with van der Waals surface area (Å²) in [6, 6.07) is 19.5. The number of rotatable bonds is 2. The molecule has 0 N–H and O–H groups in total. The number of hydrogen-bond donors (Lipinski definition) is 0. The SMILES string of the molecule is CC(C)(C)C(=O)Oc1ccc(-c2ccc3ccccc3n2)cc1. The van der Waals surface area contributed by atoms with Gasteiger partial charge in [-0.2, -0.15) is 0 Å². The van der Waals surface area contributed by atoms with Gasteiger partial charge in [0.2, 0.25) is 0 Å². The Kier molecular flexibility index (Phi) is 3.87. The Morgan fingerprint density at radius 1 is 0.913 bits per heavy atom. The van der Waals surface area contributed by atoms with E-state index in [9.17, 15) is 4.79 Å². The van der Waals surface area contributed by atoms with Crippen LogP contribution >= 0.6 is 0 Å². The minimum Gasteiger partial charge on any atom is -0.426 e. The van der Waals surface area contributed by atoms with Crippen molar-refractivity contribution < 1.29 is 9.53 Å². The van der Waals surface area contributed by atoms with Gasteiger partial charge in [-0.1, -0.05) is 24.3 Å². The van der Waals surface area contributed by atoms with Gasteiger partial charge in [0.05, 0.1) is 16.6 Å². The number of esters is 1. The number of benzene rings is 2. The number of carbonyl (C=O) groups excluding carboxylic acids is 1. The number of ether oxygens (including phenoxy) is 1. The molecule has 23 heavy (non-hydrogen) atoms. The second-order valence-electron chi connectivity index (χ2n) is 6.55. The topological polar surface area (TPSA) is 39.2 Å². The maximum atomic E-state index is 11.9. The molecule has 0 spiro atoms. The maximum Gasteiger partial charge on any atom is 0.316 e. The fraction of sp³-hybridized carbons (Fsp3) is 0.200. The van der Waals surface area contributed by atoms with Gasteiger partial charge in [0.1, 0.15) is 5.75 Å². The lowest BCUT2D eigenvalue weighted by atomic mass is 9.97. The van der Waals surface area contributed by atoms with Gasteiger partial charge < -0.3 is 4.74 Å². The number of para-hydroxylation sites is 1. The van der Waals surface area contributed by atoms with Crippen LogP contribution < -0.4 is 4.74 Å². The number of fused-ring (bicyclic) bond motifs is 1. The summed E-state index contributed by atoms with van der Waals surface area (Å²) in [4.78, 5) is 16.6. The first-order valence-corrected chi connectivity index (χ1v) is 7.62. The molecule has 3 heteroatoms. The molecule has 3 nitrogen and oxygen atoms in total. The molecule has 0 amide bonds. The molecular weight excluding hydrogens is 286 g/mol. The van der Waals surface area contributed by atoms with E-state index in [1.807, 2.05) is 63.2 Å². The molecule has 0 bridgehead atoms. The number of carbonyl (C=O) groups is 1. The first kappa shape index (κ1) is 15.2. The quantitative estimate of drug-likeness (QED) is 0.501. The van der Waals surface area contributed by atoms with Crippen LogP contribution in [0.1, 0.15) is 20.8 Å². The standard InChI is InChI=1S/C20H19NO2/c1-20(2,3)19(22)23-16-11-8-15(9-12-16)18-13-10-14-6-4-5-7-17(14)21-18/h4-13H,1-3H3. The van der Waals surface area contributed by atoms with Gasteiger partial charge in [0, 0.05) is 10.9 Å². The van der Waals surface area contributed by atoms with Crippen molar-refractivity contribution in [3.63, 3.8) is 0 Å². The summed E-state index contributed by atoms with van der Waals surface area (Å²) >= 11 is 0. The Hall–Kier alpha value is -2.68. The van der Waals surface area contributed by atoms with Gasteiger partial charge in [-0.25, -0.2) is 4.98 Å². The maximum absolute atomic E-state index is 11.9. The van der Waals surface area contributed by atoms with Crippen molar-refractivity contribution in [3.05, 3.63) is 60.7 Å². The molecule has 3 rings (SSSR count). The normalized spacial score (nSPS) is 11.4. The summed E-state index contributed by atoms with van der Waals surface area (Å²) in [6.45, 7) is 5.51. The zero-order valence-electron chi connectivity index (χ0n) is 13.5. The molecule has 1 aromatic heterocycles. The highest BCUT2D eigenvalue weighted by Crippen LogP contribution is 2.25. The third-order valence-electron chi connectivity index (χ3n) is 3.57. The minimum absolute atomic E-state index is 0.242. The molecule has 116 valence electrons. The largest absolute Gasteiger partial charge is 0.426 e. The van der Waals surface area contributed by atoms with Crippen LogP contribution in [0.4, 0.5) is 0 Å². The molecule has 0 saturated heterocycles. The van der Waals surface area contributed by atoms with Crippen molar-refractivity contribution in [3.8, 4) is 17.0 Å². The van der Waals surface area contributed by atoms with Crippen LogP contribution in [0.25, 0.3) is 22.2 Å². The molecular formula is C20H19NO2. The summed E-state index contributed by atoms with van der Waals surface area (Å²) in [5.41, 5.74) is 2.34. The van der Waals surface area contributed by atoms with E-state index in [2.05, 4.69) is 11.1 Å². The predicted molar refractivity (Wildman–Crippen MR) is 92.3 cm³/mol. The average molecular weight is 305 g/mol. The van der Waals surface area contributed by atoms with Gasteiger partial charge >= 0.3 is 5.97 Å². The van der Waals surface area contributed by atoms with E-state index < -0.39 is 5.41 Å². The molecule has 0 radical (unpaired) electrons. The molecule has 0 aliphatic rings. The number of hydrogen-bond acceptors (Lipinski definition) is 3. The lowest BCUT2D eigenvalue weighted by molar-refractivity contribution is -0.142. The smallest absolute Gasteiger partial charge is 0.316 e. The molecule has 0 aliphatic heterocycles. The van der Waals surface area contributed by atoms with Crippen molar-refractivity contribution in [1.82, 2.24) is 4.98 Å². The second-order valence-corrected chi connectivity index (χ2v) is 6.55. The Bertz CT molecular complexity index is 845. The van der Waals surface area contributed by atoms with Crippen molar-refractivity contribution >= 4 is 16.9 Å². The minimum atomic E-state index is -0.515. The van der Waals surface area contributed by atoms with Gasteiger partial charge in [0.25, 0.3) is 0 Å². The van der Waals surface area contributed by atoms with Crippen LogP contribution in [-0.2, 0) is 4.79 Å². The van der Waals surface area contributed by atoms with Crippen LogP contribution in [0.3, 0.4) is 0 Å². The lowest BCUT2D eigenvalue weighted by Gasteiger charge is -2.16. The highest BCUT2D eigenvalue weighted by atomic mass is 16.5. The Morgan fingerprint density at radius 2 is 1.61 bits per heavy atom. The number of pyridine rings is 1. The third-order valence-corrected chi connectivity index (χ3v) is 3.57. The van der Waals surface area contributed by atoms with E-state index >= 15 is 0 Å². The summed E-state index contributed by atoms with van der Waals surface area (Å²) in [7, 11) is 0. The van der Waals surface area contributed by atoms with Gasteiger partial charge in [-0.3, -0.25) is 4.79 Å². The van der Waals surface area contributed by atoms with Crippen LogP contribution in [-0.4, -0.2) is 11.0 Å². The van der Waals surface area contributed by atoms with E-state index in [-0.39, 0.29) is 5.97 Å². The van der Waals surface area contributed by atoms with Crippen molar-refractivity contribution in [2.75, 3.05) is 0 Å². The molecule has 0 saturated carbocycles. The van der Waals surface area contributed by atoms with Gasteiger partial charge in [0.15, 0.2) is 0 Å². The van der Waals surface area contributed by atoms with Crippen LogP contribution in [0.5, 0.6) is 5.75 Å². The molecule has 0 aliphatic carbocycles. The van der Waals surface area contributed by atoms with E-state index in [1.165, 1.54) is 0 Å². The van der Waals surface area contributed by atoms with Crippen molar-refractivity contribution in [2.45, 2.75) is 20.8 Å². The summed E-state index contributed by atoms with van der Waals surface area (Å²) in [6.07, 6.45) is 0. The highest BCUT2D eigenvalue weighted by molar-refractivity contribution is 5.81. The summed E-state index contributed by atoms with van der Waals surface area (Å²) in [5, 5.41) is 1.12. The zero-order chi connectivity index (χ0) is 16.4. The first-order valence-electron chi connectivity index (χ1n) is 7.62. The predicted octanol–water partition coefficient (Wildman–Crippen LogP) is 4.85. The molecule has 3 aromatic rings. The van der Waals surface area contributed by atoms with Crippen LogP contribution in [0, 0.1) is 5.41 Å². The van der Waals surface area contributed by atoms with Gasteiger partial charge in [-0.15, -0.1) is 0 Å². The summed E-state index contributed by atoms with van der Waals surface area (Å²) < 4.78 is 5.38. The van der Waals surface area contributed by atoms with E-state index in [1.54, 1.807) is 12.1 Å². The summed E-state index contributed by atoms with van der Waals surface area (Å²) in [5.74, 6) is 0.309. The fourth-order valence-corrected chi connectivity index (χ4v) is 2.18.